The Hall–Kier alpha value is -3.18. The lowest BCUT2D eigenvalue weighted by Gasteiger charge is -2.49. The van der Waals surface area contributed by atoms with E-state index < -0.39 is 19.1 Å². The molecule has 1 fully saturated rings. The van der Waals surface area contributed by atoms with Crippen LogP contribution in [0.4, 0.5) is 10.2 Å². The van der Waals surface area contributed by atoms with E-state index in [2.05, 4.69) is 33.2 Å². The number of aromatic amines is 1. The predicted molar refractivity (Wildman–Crippen MR) is 152 cm³/mol. The monoisotopic (exact) mass is 586 g/mol. The molecule has 4 heterocycles. The number of fused-ring (bicyclic) bond motifs is 1. The molecule has 0 bridgehead atoms. The van der Waals surface area contributed by atoms with Gasteiger partial charge in [0.15, 0.2) is 11.6 Å². The van der Waals surface area contributed by atoms with Gasteiger partial charge in [-0.15, -0.1) is 0 Å². The normalized spacial score (nSPS) is 15.6. The molecule has 0 unspecified atom stereocenters. The Labute approximate surface area is 235 Å². The van der Waals surface area contributed by atoms with Gasteiger partial charge < -0.3 is 14.2 Å². The minimum absolute atomic E-state index is 0.00400. The van der Waals surface area contributed by atoms with Crippen LogP contribution in [0.2, 0.25) is 10.0 Å². The summed E-state index contributed by atoms with van der Waals surface area (Å²) in [6.07, 6.45) is 4.54. The van der Waals surface area contributed by atoms with Gasteiger partial charge in [0.1, 0.15) is 23.7 Å². The Morgan fingerprint density at radius 1 is 1.23 bits per heavy atom. The molecule has 1 atom stereocenters. The molecule has 0 aliphatic carbocycles. The number of hydrogen-bond acceptors (Lipinski definition) is 7. The maximum atomic E-state index is 15.0. The van der Waals surface area contributed by atoms with Gasteiger partial charge in [0.25, 0.3) is 0 Å². The number of pyridine rings is 2. The number of rotatable bonds is 7. The average molecular weight is 587 g/mol. The molecule has 8 nitrogen and oxygen atoms in total. The summed E-state index contributed by atoms with van der Waals surface area (Å²) in [4.78, 5) is 10.6. The molecule has 202 valence electrons. The number of anilines is 1. The highest BCUT2D eigenvalue weighted by atomic mass is 35.5. The first-order valence-corrected chi connectivity index (χ1v) is 15.7. The van der Waals surface area contributed by atoms with Crippen molar-refractivity contribution in [2.24, 2.45) is 5.41 Å². The SMILES string of the molecule is C[C@@H](Oc1cc2c(-c3cnc(N4CC(C)(CP(C)(C)=O)C4)c(C#N)c3)n[nH]c2cc1F)c1c(Cl)cncc1Cl. The van der Waals surface area contributed by atoms with Gasteiger partial charge in [-0.05, 0) is 32.4 Å². The van der Waals surface area contributed by atoms with Crippen LogP contribution in [0.3, 0.4) is 0 Å². The number of ether oxygens (including phenoxy) is 1. The zero-order valence-corrected chi connectivity index (χ0v) is 24.2. The fourth-order valence-corrected chi connectivity index (χ4v) is 8.06. The standard InChI is InChI=1S/C27H26Cl2FN6O2P/c1-15(24-19(28)10-32-11-20(24)29)38-23-6-18-22(7-21(23)30)34-35-25(18)17-5-16(8-31)26(33-9-17)36-12-27(2,13-36)14-39(3,4)37/h5-7,9-11,15H,12-14H2,1-4H3,(H,34,35)/t15-/m1/s1. The summed E-state index contributed by atoms with van der Waals surface area (Å²) in [6.45, 7) is 8.78. The largest absolute Gasteiger partial charge is 0.483 e. The summed E-state index contributed by atoms with van der Waals surface area (Å²) >= 11 is 12.5. The van der Waals surface area contributed by atoms with Crippen molar-refractivity contribution < 1.29 is 13.7 Å². The number of nitriles is 1. The van der Waals surface area contributed by atoms with E-state index in [0.29, 0.717) is 68.4 Å². The topological polar surface area (TPSA) is 108 Å². The van der Waals surface area contributed by atoms with Gasteiger partial charge in [-0.1, -0.05) is 30.1 Å². The Balaban J connectivity index is 1.44. The molecule has 12 heteroatoms. The first-order valence-electron chi connectivity index (χ1n) is 12.2. The van der Waals surface area contributed by atoms with Crippen molar-refractivity contribution in [3.05, 3.63) is 63.8 Å². The van der Waals surface area contributed by atoms with Gasteiger partial charge in [-0.2, -0.15) is 10.4 Å². The van der Waals surface area contributed by atoms with Crippen LogP contribution in [-0.4, -0.2) is 52.7 Å². The Morgan fingerprint density at radius 3 is 2.56 bits per heavy atom. The molecule has 5 rings (SSSR count). The number of benzene rings is 1. The van der Waals surface area contributed by atoms with Crippen molar-refractivity contribution in [2.75, 3.05) is 37.5 Å². The molecule has 1 aromatic carbocycles. The number of aromatic nitrogens is 4. The molecule has 0 radical (unpaired) electrons. The second-order valence-electron chi connectivity index (χ2n) is 10.8. The van der Waals surface area contributed by atoms with Gasteiger partial charge in [-0.3, -0.25) is 10.1 Å². The van der Waals surface area contributed by atoms with Crippen molar-refractivity contribution in [1.82, 2.24) is 20.2 Å². The fourth-order valence-electron chi connectivity index (χ4n) is 5.35. The van der Waals surface area contributed by atoms with Crippen molar-refractivity contribution in [2.45, 2.75) is 20.0 Å². The Bertz CT molecular complexity index is 1650. The highest BCUT2D eigenvalue weighted by molar-refractivity contribution is 7.62. The third-order valence-corrected chi connectivity index (χ3v) is 8.81. The molecule has 1 aliphatic heterocycles. The number of H-pyrrole nitrogens is 1. The molecule has 1 N–H and O–H groups in total. The Kier molecular flexibility index (Phi) is 7.09. The molecule has 0 amide bonds. The molecule has 1 aliphatic rings. The minimum Gasteiger partial charge on any atom is -0.483 e. The summed E-state index contributed by atoms with van der Waals surface area (Å²) in [5.74, 6) is -0.00661. The Morgan fingerprint density at radius 2 is 1.92 bits per heavy atom. The van der Waals surface area contributed by atoms with Crippen LogP contribution in [-0.2, 0) is 4.57 Å². The van der Waals surface area contributed by atoms with Crippen molar-refractivity contribution in [3.8, 4) is 23.1 Å². The van der Waals surface area contributed by atoms with E-state index in [-0.39, 0.29) is 11.2 Å². The lowest BCUT2D eigenvalue weighted by molar-refractivity contribution is 0.217. The van der Waals surface area contributed by atoms with E-state index in [1.807, 2.05) is 4.90 Å². The maximum absolute atomic E-state index is 15.0. The number of nitrogens with one attached hydrogen (secondary N) is 1. The summed E-state index contributed by atoms with van der Waals surface area (Å²) in [6, 6.07) is 6.81. The number of nitrogens with zero attached hydrogens (tertiary/aromatic N) is 5. The van der Waals surface area contributed by atoms with Crippen molar-refractivity contribution in [1.29, 1.82) is 5.26 Å². The molecule has 0 spiro atoms. The van der Waals surface area contributed by atoms with Gasteiger partial charge in [0.05, 0.1) is 28.3 Å². The van der Waals surface area contributed by atoms with Crippen LogP contribution in [0, 0.1) is 22.6 Å². The lowest BCUT2D eigenvalue weighted by atomic mass is 9.84. The third-order valence-electron chi connectivity index (χ3n) is 6.68. The third kappa shape index (κ3) is 5.47. The van der Waals surface area contributed by atoms with Gasteiger partial charge in [0.2, 0.25) is 0 Å². The second-order valence-corrected chi connectivity index (χ2v) is 15.1. The van der Waals surface area contributed by atoms with Gasteiger partial charge in [0, 0.05) is 65.8 Å². The molecular weight excluding hydrogens is 561 g/mol. The van der Waals surface area contributed by atoms with E-state index in [9.17, 15) is 14.2 Å². The van der Waals surface area contributed by atoms with E-state index in [0.717, 1.165) is 0 Å². The number of halogens is 3. The minimum atomic E-state index is -2.17. The molecule has 39 heavy (non-hydrogen) atoms. The van der Waals surface area contributed by atoms with Crippen molar-refractivity contribution >= 4 is 47.1 Å². The highest BCUT2D eigenvalue weighted by Crippen LogP contribution is 2.48. The quantitative estimate of drug-likeness (QED) is 0.234. The molecule has 1 saturated heterocycles. The van der Waals surface area contributed by atoms with E-state index in [1.54, 1.807) is 38.6 Å². The maximum Gasteiger partial charge on any atom is 0.167 e. The van der Waals surface area contributed by atoms with Crippen molar-refractivity contribution in [3.63, 3.8) is 0 Å². The van der Waals surface area contributed by atoms with Crippen LogP contribution in [0.1, 0.15) is 31.1 Å². The van der Waals surface area contributed by atoms with Gasteiger partial charge >= 0.3 is 0 Å². The zero-order chi connectivity index (χ0) is 28.1. The zero-order valence-electron chi connectivity index (χ0n) is 21.8. The summed E-state index contributed by atoms with van der Waals surface area (Å²) in [5, 5.41) is 18.3. The summed E-state index contributed by atoms with van der Waals surface area (Å²) in [5.41, 5.74) is 2.39. The molecule has 3 aromatic heterocycles. The average Bonchev–Trinajstić information content (AvgIpc) is 3.23. The van der Waals surface area contributed by atoms with E-state index >= 15 is 0 Å². The smallest absolute Gasteiger partial charge is 0.167 e. The van der Waals surface area contributed by atoms with Crippen LogP contribution in [0.25, 0.3) is 22.2 Å². The summed E-state index contributed by atoms with van der Waals surface area (Å²) < 4.78 is 33.2. The highest BCUT2D eigenvalue weighted by Gasteiger charge is 2.42. The molecule has 4 aromatic rings. The fraction of sp³-hybridized carbons (Fsp3) is 0.333. The number of hydrogen-bond donors (Lipinski definition) is 1. The molecular formula is C27H26Cl2FN6O2P. The van der Waals surface area contributed by atoms with E-state index in [1.165, 1.54) is 18.5 Å². The van der Waals surface area contributed by atoms with Crippen LogP contribution in [0.5, 0.6) is 5.75 Å². The van der Waals surface area contributed by atoms with Crippen LogP contribution < -0.4 is 9.64 Å². The van der Waals surface area contributed by atoms with Gasteiger partial charge in [-0.25, -0.2) is 9.37 Å². The first-order chi connectivity index (χ1) is 18.4. The summed E-state index contributed by atoms with van der Waals surface area (Å²) in [7, 11) is -2.17. The molecule has 0 saturated carbocycles. The lowest BCUT2D eigenvalue weighted by Crippen LogP contribution is -2.57. The van der Waals surface area contributed by atoms with Crippen LogP contribution >= 0.6 is 30.3 Å². The first kappa shape index (κ1) is 27.4. The predicted octanol–water partition coefficient (Wildman–Crippen LogP) is 6.93. The van der Waals surface area contributed by atoms with Crippen LogP contribution in [0.15, 0.2) is 36.8 Å². The second kappa shape index (κ2) is 10.1. The van der Waals surface area contributed by atoms with E-state index in [4.69, 9.17) is 27.9 Å².